The molecule has 0 amide bonds. The second-order valence-electron chi connectivity index (χ2n) is 11.6. The molecule has 198 valence electrons. The van der Waals surface area contributed by atoms with Crippen molar-refractivity contribution < 1.29 is 19.8 Å². The maximum atomic E-state index is 11.8. The molecule has 2 saturated carbocycles. The highest BCUT2D eigenvalue weighted by Gasteiger charge is 2.58. The Morgan fingerprint density at radius 2 is 1.94 bits per heavy atom. The smallest absolute Gasteiger partial charge is 0.302 e. The number of ether oxygens (including phenoxy) is 1. The number of unbranched alkanes of at least 4 members (excludes halogenated alkanes) is 6. The van der Waals surface area contributed by atoms with Crippen LogP contribution >= 0.6 is 0 Å². The van der Waals surface area contributed by atoms with Crippen molar-refractivity contribution in [3.63, 3.8) is 0 Å². The summed E-state index contributed by atoms with van der Waals surface area (Å²) < 4.78 is 5.83. The normalized spacial score (nSPS) is 31.4. The maximum absolute atomic E-state index is 11.8. The van der Waals surface area contributed by atoms with Gasteiger partial charge in [-0.2, -0.15) is 5.84 Å². The molecule has 3 aliphatic rings. The Labute approximate surface area is 216 Å². The lowest BCUT2D eigenvalue weighted by atomic mass is 9.52. The lowest BCUT2D eigenvalue weighted by molar-refractivity contribution is -0.861. The molecule has 0 spiro atoms. The summed E-state index contributed by atoms with van der Waals surface area (Å²) >= 11 is 0. The van der Waals surface area contributed by atoms with Crippen LogP contribution in [-0.2, 0) is 16.0 Å². The first-order chi connectivity index (χ1) is 17.3. The molecule has 6 nitrogen and oxygen atoms in total. The number of fused-ring (bicyclic) bond motifs is 5. The predicted octanol–water partition coefficient (Wildman–Crippen LogP) is 4.40. The third kappa shape index (κ3) is 6.07. The van der Waals surface area contributed by atoms with Gasteiger partial charge in [-0.05, 0) is 92.4 Å². The van der Waals surface area contributed by atoms with Crippen molar-refractivity contribution in [2.45, 2.75) is 103 Å². The number of rotatable bonds is 9. The number of hydrogen-bond donors (Lipinski definition) is 3. The average Bonchev–Trinajstić information content (AvgIpc) is 3.15. The standard InChI is InChI=1S/C30H44N2O4/c1-21(33)36-28-15-14-27-29-22(11-9-7-5-3-4-6-8-10-18-32(31)35)19-23-20-24(34)12-13-25(23)26(29)16-17-30(27,28)2/h12-13,20,22,26-29,32,34H,3-8,10,14-19,31H2,1-2H3/t22-,26?,27?,28+,29?,30+/m1/s1. The summed E-state index contributed by atoms with van der Waals surface area (Å²) in [7, 11) is 0. The molecule has 2 fully saturated rings. The van der Waals surface area contributed by atoms with Gasteiger partial charge in [-0.1, -0.05) is 38.2 Å². The number of quaternary nitrogens is 1. The van der Waals surface area contributed by atoms with Crippen LogP contribution < -0.4 is 11.0 Å². The number of carbonyl (C=O) groups is 1. The molecular formula is C30H44N2O4. The van der Waals surface area contributed by atoms with Gasteiger partial charge in [-0.15, -0.1) is 5.92 Å². The quantitative estimate of drug-likeness (QED) is 0.155. The molecule has 0 radical (unpaired) electrons. The number of phenols is 1. The van der Waals surface area contributed by atoms with E-state index in [1.54, 1.807) is 0 Å². The van der Waals surface area contributed by atoms with E-state index in [0.29, 0.717) is 30.0 Å². The van der Waals surface area contributed by atoms with Crippen molar-refractivity contribution in [1.29, 1.82) is 0 Å². The summed E-state index contributed by atoms with van der Waals surface area (Å²) in [6, 6.07) is 5.92. The molecule has 4 rings (SSSR count). The number of benzene rings is 1. The van der Waals surface area contributed by atoms with E-state index in [1.165, 1.54) is 30.9 Å². The number of hydrogen-bond acceptors (Lipinski definition) is 5. The largest absolute Gasteiger partial charge is 0.613 e. The van der Waals surface area contributed by atoms with E-state index in [2.05, 4.69) is 24.8 Å². The Kier molecular flexibility index (Phi) is 8.98. The van der Waals surface area contributed by atoms with Crippen molar-refractivity contribution >= 4 is 5.97 Å². The molecule has 36 heavy (non-hydrogen) atoms. The van der Waals surface area contributed by atoms with Crippen LogP contribution in [0, 0.1) is 40.2 Å². The second-order valence-corrected chi connectivity index (χ2v) is 11.6. The number of hydroxylamine groups is 1. The third-order valence-electron chi connectivity index (χ3n) is 9.25. The number of nitrogens with one attached hydrogen (secondary N) is 1. The number of aromatic hydroxyl groups is 1. The van der Waals surface area contributed by atoms with Crippen LogP contribution in [0.5, 0.6) is 5.75 Å². The van der Waals surface area contributed by atoms with Crippen molar-refractivity contribution in [3.8, 4) is 17.6 Å². The molecule has 4 N–H and O–H groups in total. The monoisotopic (exact) mass is 496 g/mol. The van der Waals surface area contributed by atoms with E-state index in [0.717, 1.165) is 64.2 Å². The summed E-state index contributed by atoms with van der Waals surface area (Å²) in [4.78, 5) is 11.8. The highest BCUT2D eigenvalue weighted by molar-refractivity contribution is 5.66. The SMILES string of the molecule is CC(=O)O[C@H]1CCC2C3C(CC[C@@]21C)c1ccc(O)cc1C[C@H]3C#CCCCCCCCC[NH+](N)[O-]. The second kappa shape index (κ2) is 12.0. The van der Waals surface area contributed by atoms with Crippen molar-refractivity contribution in [2.24, 2.45) is 29.0 Å². The Morgan fingerprint density at radius 3 is 2.69 bits per heavy atom. The van der Waals surface area contributed by atoms with Crippen LogP contribution in [0.3, 0.4) is 0 Å². The fourth-order valence-corrected chi connectivity index (χ4v) is 7.54. The third-order valence-corrected chi connectivity index (χ3v) is 9.25. The van der Waals surface area contributed by atoms with Gasteiger partial charge in [0.1, 0.15) is 11.9 Å². The summed E-state index contributed by atoms with van der Waals surface area (Å²) in [5.41, 5.74) is 2.67. The Bertz CT molecular complexity index is 967. The van der Waals surface area contributed by atoms with Gasteiger partial charge in [-0.3, -0.25) is 9.97 Å². The molecule has 4 unspecified atom stereocenters. The lowest BCUT2D eigenvalue weighted by Crippen LogP contribution is -3.13. The van der Waals surface area contributed by atoms with Crippen LogP contribution in [-0.4, -0.2) is 23.7 Å². The molecule has 0 bridgehead atoms. The van der Waals surface area contributed by atoms with E-state index in [4.69, 9.17) is 10.6 Å². The highest BCUT2D eigenvalue weighted by Crippen LogP contribution is 2.62. The van der Waals surface area contributed by atoms with Crippen LogP contribution in [0.1, 0.15) is 102 Å². The van der Waals surface area contributed by atoms with Gasteiger partial charge in [0, 0.05) is 24.7 Å². The number of carbonyl (C=O) groups excluding carboxylic acids is 1. The molecule has 0 aliphatic heterocycles. The van der Waals surface area contributed by atoms with Crippen LogP contribution in [0.4, 0.5) is 0 Å². The fourth-order valence-electron chi connectivity index (χ4n) is 7.54. The minimum absolute atomic E-state index is 0.0127. The van der Waals surface area contributed by atoms with Crippen molar-refractivity contribution in [1.82, 2.24) is 0 Å². The van der Waals surface area contributed by atoms with E-state index in [9.17, 15) is 15.1 Å². The first-order valence-corrected chi connectivity index (χ1v) is 14.1. The van der Waals surface area contributed by atoms with Gasteiger partial charge in [0.15, 0.2) is 0 Å². The van der Waals surface area contributed by atoms with E-state index >= 15 is 0 Å². The van der Waals surface area contributed by atoms with Crippen LogP contribution in [0.2, 0.25) is 0 Å². The number of esters is 1. The predicted molar refractivity (Wildman–Crippen MR) is 141 cm³/mol. The molecule has 7 atom stereocenters. The Morgan fingerprint density at radius 1 is 1.19 bits per heavy atom. The summed E-state index contributed by atoms with van der Waals surface area (Å²) in [5.74, 6) is 14.3. The molecule has 1 aromatic rings. The minimum atomic E-state index is -0.203. The first kappa shape index (κ1) is 27.0. The number of nitrogens with two attached hydrogens (primary N) is 1. The molecule has 0 saturated heterocycles. The molecule has 1 aromatic carbocycles. The molecular weight excluding hydrogens is 452 g/mol. The van der Waals surface area contributed by atoms with E-state index in [-0.39, 0.29) is 28.6 Å². The van der Waals surface area contributed by atoms with E-state index < -0.39 is 0 Å². The van der Waals surface area contributed by atoms with Crippen LogP contribution in [0.25, 0.3) is 0 Å². The van der Waals surface area contributed by atoms with Crippen LogP contribution in [0.15, 0.2) is 18.2 Å². The van der Waals surface area contributed by atoms with Gasteiger partial charge in [0.05, 0.1) is 6.54 Å². The summed E-state index contributed by atoms with van der Waals surface area (Å²) in [6.45, 7) is 4.37. The van der Waals surface area contributed by atoms with Gasteiger partial charge >= 0.3 is 5.97 Å². The zero-order chi connectivity index (χ0) is 25.7. The van der Waals surface area contributed by atoms with E-state index in [1.807, 2.05) is 12.1 Å². The average molecular weight is 497 g/mol. The maximum Gasteiger partial charge on any atom is 0.302 e. The van der Waals surface area contributed by atoms with Gasteiger partial charge in [0.25, 0.3) is 0 Å². The first-order valence-electron chi connectivity index (χ1n) is 14.1. The van der Waals surface area contributed by atoms with Gasteiger partial charge in [0.2, 0.25) is 0 Å². The molecule has 0 aromatic heterocycles. The molecule has 3 aliphatic carbocycles. The van der Waals surface area contributed by atoms with Crippen molar-refractivity contribution in [3.05, 3.63) is 34.5 Å². The summed E-state index contributed by atoms with van der Waals surface area (Å²) in [6.07, 6.45) is 12.6. The lowest BCUT2D eigenvalue weighted by Gasteiger charge is -2.52. The molecule has 6 heteroatoms. The number of phenolic OH excluding ortho intramolecular Hbond substituents is 1. The Hall–Kier alpha value is -2.07. The zero-order valence-corrected chi connectivity index (χ0v) is 22.1. The summed E-state index contributed by atoms with van der Waals surface area (Å²) in [5, 5.41) is 20.8. The fraction of sp³-hybridized carbons (Fsp3) is 0.700. The Balaban J connectivity index is 1.41. The van der Waals surface area contributed by atoms with Gasteiger partial charge < -0.3 is 15.1 Å². The van der Waals surface area contributed by atoms with Gasteiger partial charge in [-0.25, -0.2) is 0 Å². The topological polar surface area (TPSA) is 100 Å². The van der Waals surface area contributed by atoms with Crippen molar-refractivity contribution in [2.75, 3.05) is 6.54 Å². The zero-order valence-electron chi connectivity index (χ0n) is 22.1. The highest BCUT2D eigenvalue weighted by atomic mass is 16.5. The minimum Gasteiger partial charge on any atom is -0.613 e. The molecule has 0 heterocycles.